The summed E-state index contributed by atoms with van der Waals surface area (Å²) < 4.78 is 43.7. The minimum Gasteiger partial charge on any atom is -0.495 e. The fraction of sp³-hybridized carbons (Fsp3) is 0.571. The van der Waals surface area contributed by atoms with Gasteiger partial charge in [-0.3, -0.25) is 0 Å². The summed E-state index contributed by atoms with van der Waals surface area (Å²) in [6, 6.07) is 2.04. The van der Waals surface area contributed by atoms with Crippen molar-refractivity contribution in [2.24, 2.45) is 0 Å². The van der Waals surface area contributed by atoms with Gasteiger partial charge in [0.2, 0.25) is 0 Å². The highest BCUT2D eigenvalue weighted by molar-refractivity contribution is 6.32. The van der Waals surface area contributed by atoms with E-state index in [0.29, 0.717) is 24.3 Å². The Kier molecular flexibility index (Phi) is 5.35. The molecule has 1 aliphatic heterocycles. The number of halogens is 4. The summed E-state index contributed by atoms with van der Waals surface area (Å²) in [5, 5.41) is 3.24. The average molecular weight is 323 g/mol. The van der Waals surface area contributed by atoms with Crippen LogP contribution in [-0.4, -0.2) is 44.7 Å². The summed E-state index contributed by atoms with van der Waals surface area (Å²) in [5.41, 5.74) is -0.237. The van der Waals surface area contributed by atoms with Gasteiger partial charge in [0, 0.05) is 32.7 Å². The van der Waals surface area contributed by atoms with E-state index in [1.54, 1.807) is 0 Å². The van der Waals surface area contributed by atoms with E-state index in [4.69, 9.17) is 16.3 Å². The molecule has 1 heterocycles. The number of alkyl halides is 3. The topological polar surface area (TPSA) is 24.5 Å². The number of ether oxygens (including phenoxy) is 1. The zero-order chi connectivity index (χ0) is 15.5. The SMILES string of the molecule is COc1c(Cl)cc(C(F)(F)F)cc1CCN1CCNCC1. The molecule has 0 saturated carbocycles. The van der Waals surface area contributed by atoms with Gasteiger partial charge in [0.1, 0.15) is 5.75 Å². The molecule has 1 aliphatic rings. The van der Waals surface area contributed by atoms with Crippen LogP contribution in [0.4, 0.5) is 13.2 Å². The van der Waals surface area contributed by atoms with Gasteiger partial charge in [-0.05, 0) is 24.1 Å². The molecule has 1 aromatic carbocycles. The van der Waals surface area contributed by atoms with Crippen LogP contribution in [0.2, 0.25) is 5.02 Å². The van der Waals surface area contributed by atoms with Gasteiger partial charge in [-0.25, -0.2) is 0 Å². The lowest BCUT2D eigenvalue weighted by molar-refractivity contribution is -0.137. The van der Waals surface area contributed by atoms with Gasteiger partial charge in [0.25, 0.3) is 0 Å². The highest BCUT2D eigenvalue weighted by Gasteiger charge is 2.32. The molecule has 0 radical (unpaired) electrons. The third kappa shape index (κ3) is 4.25. The van der Waals surface area contributed by atoms with Crippen LogP contribution in [-0.2, 0) is 12.6 Å². The van der Waals surface area contributed by atoms with Crippen molar-refractivity contribution in [3.05, 3.63) is 28.3 Å². The molecule has 1 fully saturated rings. The van der Waals surface area contributed by atoms with Crippen molar-refractivity contribution in [3.8, 4) is 5.75 Å². The van der Waals surface area contributed by atoms with Crippen LogP contribution < -0.4 is 10.1 Å². The van der Waals surface area contributed by atoms with Crippen LogP contribution >= 0.6 is 11.6 Å². The van der Waals surface area contributed by atoms with E-state index in [9.17, 15) is 13.2 Å². The Morgan fingerprint density at radius 3 is 2.52 bits per heavy atom. The monoisotopic (exact) mass is 322 g/mol. The highest BCUT2D eigenvalue weighted by atomic mass is 35.5. The molecule has 1 N–H and O–H groups in total. The second-order valence-corrected chi connectivity index (χ2v) is 5.40. The maximum Gasteiger partial charge on any atom is 0.416 e. The zero-order valence-electron chi connectivity index (χ0n) is 11.8. The van der Waals surface area contributed by atoms with Gasteiger partial charge < -0.3 is 15.0 Å². The summed E-state index contributed by atoms with van der Waals surface area (Å²) in [6.45, 7) is 4.29. The average Bonchev–Trinajstić information content (AvgIpc) is 2.44. The summed E-state index contributed by atoms with van der Waals surface area (Å²) >= 11 is 5.91. The molecule has 7 heteroatoms. The predicted octanol–water partition coefficient (Wildman–Crippen LogP) is 2.82. The summed E-state index contributed by atoms with van der Waals surface area (Å²) in [5.74, 6) is 0.333. The van der Waals surface area contributed by atoms with Crippen molar-refractivity contribution in [2.45, 2.75) is 12.6 Å². The molecule has 0 aromatic heterocycles. The van der Waals surface area contributed by atoms with E-state index in [2.05, 4.69) is 10.2 Å². The molecule has 21 heavy (non-hydrogen) atoms. The third-order valence-corrected chi connectivity index (χ3v) is 3.84. The lowest BCUT2D eigenvalue weighted by atomic mass is 10.1. The lowest BCUT2D eigenvalue weighted by Crippen LogP contribution is -2.44. The van der Waals surface area contributed by atoms with Crippen LogP contribution in [0.5, 0.6) is 5.75 Å². The number of benzene rings is 1. The molecule has 1 aromatic rings. The van der Waals surface area contributed by atoms with Crippen LogP contribution in [0.15, 0.2) is 12.1 Å². The van der Waals surface area contributed by atoms with Gasteiger partial charge in [-0.15, -0.1) is 0 Å². The maximum absolute atomic E-state index is 12.9. The number of hydrogen-bond acceptors (Lipinski definition) is 3. The van der Waals surface area contributed by atoms with Crippen molar-refractivity contribution in [2.75, 3.05) is 39.8 Å². The first kappa shape index (κ1) is 16.4. The fourth-order valence-electron chi connectivity index (χ4n) is 2.44. The maximum atomic E-state index is 12.9. The van der Waals surface area contributed by atoms with E-state index < -0.39 is 11.7 Å². The van der Waals surface area contributed by atoms with Crippen LogP contribution in [0.3, 0.4) is 0 Å². The molecular formula is C14H18ClF3N2O. The van der Waals surface area contributed by atoms with Crippen LogP contribution in [0.25, 0.3) is 0 Å². The predicted molar refractivity (Wildman–Crippen MR) is 76.0 cm³/mol. The molecule has 2 rings (SSSR count). The first-order chi connectivity index (χ1) is 9.91. The summed E-state index contributed by atoms with van der Waals surface area (Å²) in [6.07, 6.45) is -3.92. The number of piperazine rings is 1. The van der Waals surface area contributed by atoms with Gasteiger partial charge in [-0.1, -0.05) is 11.6 Å². The van der Waals surface area contributed by atoms with E-state index in [1.807, 2.05) is 0 Å². The van der Waals surface area contributed by atoms with E-state index in [1.165, 1.54) is 7.11 Å². The van der Waals surface area contributed by atoms with Crippen molar-refractivity contribution in [3.63, 3.8) is 0 Å². The van der Waals surface area contributed by atoms with Crippen molar-refractivity contribution < 1.29 is 17.9 Å². The molecule has 0 atom stereocenters. The fourth-order valence-corrected chi connectivity index (χ4v) is 2.76. The van der Waals surface area contributed by atoms with Gasteiger partial charge in [-0.2, -0.15) is 13.2 Å². The Labute approximate surface area is 127 Å². The molecule has 118 valence electrons. The molecule has 0 aliphatic carbocycles. The Hall–Kier alpha value is -0.980. The van der Waals surface area contributed by atoms with Crippen LogP contribution in [0.1, 0.15) is 11.1 Å². The summed E-state index contributed by atoms with van der Waals surface area (Å²) in [4.78, 5) is 2.21. The van der Waals surface area contributed by atoms with Gasteiger partial charge in [0.05, 0.1) is 17.7 Å². The van der Waals surface area contributed by atoms with E-state index in [-0.39, 0.29) is 5.02 Å². The molecule has 3 nitrogen and oxygen atoms in total. The van der Waals surface area contributed by atoms with Crippen molar-refractivity contribution in [1.29, 1.82) is 0 Å². The third-order valence-electron chi connectivity index (χ3n) is 3.56. The first-order valence-electron chi connectivity index (χ1n) is 6.78. The van der Waals surface area contributed by atoms with Gasteiger partial charge >= 0.3 is 6.18 Å². The zero-order valence-corrected chi connectivity index (χ0v) is 12.5. The molecule has 0 bridgehead atoms. The second-order valence-electron chi connectivity index (χ2n) is 4.99. The normalized spacial score (nSPS) is 17.0. The number of nitrogens with one attached hydrogen (secondary N) is 1. The minimum atomic E-state index is -4.40. The van der Waals surface area contributed by atoms with Crippen LogP contribution in [0, 0.1) is 0 Å². The molecular weight excluding hydrogens is 305 g/mol. The minimum absolute atomic E-state index is 0.00244. The van der Waals surface area contributed by atoms with Gasteiger partial charge in [0.15, 0.2) is 0 Å². The Bertz CT molecular complexity index is 488. The molecule has 0 spiro atoms. The largest absolute Gasteiger partial charge is 0.495 e. The van der Waals surface area contributed by atoms with Crippen molar-refractivity contribution in [1.82, 2.24) is 10.2 Å². The smallest absolute Gasteiger partial charge is 0.416 e. The van der Waals surface area contributed by atoms with E-state index in [0.717, 1.165) is 38.3 Å². The number of rotatable bonds is 4. The van der Waals surface area contributed by atoms with E-state index >= 15 is 0 Å². The number of methoxy groups -OCH3 is 1. The molecule has 0 amide bonds. The quantitative estimate of drug-likeness (QED) is 0.922. The first-order valence-corrected chi connectivity index (χ1v) is 7.16. The van der Waals surface area contributed by atoms with Crippen molar-refractivity contribution >= 4 is 11.6 Å². The number of hydrogen-bond donors (Lipinski definition) is 1. The Morgan fingerprint density at radius 2 is 1.95 bits per heavy atom. The lowest BCUT2D eigenvalue weighted by Gasteiger charge is -2.27. The molecule has 1 saturated heterocycles. The Balaban J connectivity index is 2.17. The Morgan fingerprint density at radius 1 is 1.29 bits per heavy atom. The molecule has 0 unspecified atom stereocenters. The standard InChI is InChI=1S/C14H18ClF3N2O/c1-21-13-10(2-5-20-6-3-19-4-7-20)8-11(9-12(13)15)14(16,17)18/h8-9,19H,2-7H2,1H3. The summed E-state index contributed by atoms with van der Waals surface area (Å²) in [7, 11) is 1.42. The number of nitrogens with zero attached hydrogens (tertiary/aromatic N) is 1. The highest BCUT2D eigenvalue weighted by Crippen LogP contribution is 2.37. The second kappa shape index (κ2) is 6.85.